The second-order valence-corrected chi connectivity index (χ2v) is 6.03. The molecule has 1 rings (SSSR count). The summed E-state index contributed by atoms with van der Waals surface area (Å²) >= 11 is 0. The van der Waals surface area contributed by atoms with E-state index in [2.05, 4.69) is 19.9 Å². The molecule has 1 aromatic carbocycles. The zero-order valence-corrected chi connectivity index (χ0v) is 13.1. The van der Waals surface area contributed by atoms with Crippen LogP contribution in [0.5, 0.6) is 0 Å². The summed E-state index contributed by atoms with van der Waals surface area (Å²) in [6, 6.07) is 6.12. The van der Waals surface area contributed by atoms with Crippen LogP contribution in [0.3, 0.4) is 0 Å². The molecule has 4 nitrogen and oxygen atoms in total. The molecule has 0 bridgehead atoms. The van der Waals surface area contributed by atoms with Gasteiger partial charge >= 0.3 is 8.25 Å². The van der Waals surface area contributed by atoms with Crippen molar-refractivity contribution in [1.82, 2.24) is 4.90 Å². The summed E-state index contributed by atoms with van der Waals surface area (Å²) in [4.78, 5) is 12.9. The van der Waals surface area contributed by atoms with Crippen molar-refractivity contribution in [1.29, 1.82) is 0 Å². The normalized spacial score (nSPS) is 14.0. The number of hydrogen-bond donors (Lipinski definition) is 0. The van der Waals surface area contributed by atoms with Crippen LogP contribution in [0.1, 0.15) is 42.6 Å². The topological polar surface area (TPSA) is 52.6 Å². The Hall–Kier alpha value is -0.800. The zero-order chi connectivity index (χ0) is 14.6. The molecule has 2 atom stereocenters. The van der Waals surface area contributed by atoms with E-state index in [1.807, 2.05) is 38.1 Å². The van der Waals surface area contributed by atoms with Crippen molar-refractivity contribution < 1.29 is 14.0 Å². The molecule has 0 saturated heterocycles. The summed E-state index contributed by atoms with van der Waals surface area (Å²) in [6.45, 7) is 6.72. The minimum atomic E-state index is -2.86. The highest BCUT2D eigenvalue weighted by Gasteiger charge is 2.24. The van der Waals surface area contributed by atoms with Gasteiger partial charge in [0.1, 0.15) is 0 Å². The highest BCUT2D eigenvalue weighted by atomic mass is 31.1. The SMILES string of the molecule is Cc1ccc(C(C)C)c(C(CN(C)C)O[P+](=O)[O-])c1. The van der Waals surface area contributed by atoms with Crippen LogP contribution in [-0.4, -0.2) is 25.5 Å². The van der Waals surface area contributed by atoms with E-state index < -0.39 is 14.4 Å². The predicted molar refractivity (Wildman–Crippen MR) is 75.3 cm³/mol. The lowest BCUT2D eigenvalue weighted by Gasteiger charge is -2.22. The standard InChI is InChI=1S/C14H22NO3P/c1-10(2)12-7-6-11(3)8-13(12)14(9-15(4)5)18-19(16)17/h6-8,10,14H,9H2,1-5H3. The number of rotatable bonds is 6. The molecule has 1 aromatic rings. The van der Waals surface area contributed by atoms with Gasteiger partial charge in [-0.05, 0) is 42.6 Å². The van der Waals surface area contributed by atoms with Gasteiger partial charge in [0.15, 0.2) is 6.10 Å². The van der Waals surface area contributed by atoms with E-state index >= 15 is 0 Å². The molecule has 0 N–H and O–H groups in total. The molecule has 0 aliphatic rings. The molecule has 19 heavy (non-hydrogen) atoms. The first-order chi connectivity index (χ1) is 8.81. The molecule has 0 saturated carbocycles. The van der Waals surface area contributed by atoms with Crippen molar-refractivity contribution in [2.75, 3.05) is 20.6 Å². The Bertz CT molecular complexity index is 446. The minimum Gasteiger partial charge on any atom is -0.566 e. The molecule has 0 amide bonds. The maximum atomic E-state index is 10.9. The summed E-state index contributed by atoms with van der Waals surface area (Å²) in [7, 11) is 0.942. The average Bonchev–Trinajstić information content (AvgIpc) is 2.26. The molecular weight excluding hydrogens is 261 g/mol. The maximum absolute atomic E-state index is 10.9. The Kier molecular flexibility index (Phi) is 6.08. The van der Waals surface area contributed by atoms with Gasteiger partial charge in [0.2, 0.25) is 0 Å². The van der Waals surface area contributed by atoms with Crippen molar-refractivity contribution in [3.05, 3.63) is 34.9 Å². The molecule has 0 fully saturated rings. The summed E-state index contributed by atoms with van der Waals surface area (Å²) in [6.07, 6.45) is -0.451. The number of hydrogen-bond acceptors (Lipinski definition) is 4. The van der Waals surface area contributed by atoms with E-state index in [0.717, 1.165) is 16.7 Å². The summed E-state index contributed by atoms with van der Waals surface area (Å²) < 4.78 is 16.0. The lowest BCUT2D eigenvalue weighted by atomic mass is 9.92. The van der Waals surface area contributed by atoms with Crippen molar-refractivity contribution in [2.24, 2.45) is 0 Å². The molecule has 0 spiro atoms. The fourth-order valence-corrected chi connectivity index (χ4v) is 2.51. The Morgan fingerprint density at radius 1 is 1.32 bits per heavy atom. The van der Waals surface area contributed by atoms with Crippen molar-refractivity contribution in [2.45, 2.75) is 32.8 Å². The van der Waals surface area contributed by atoms with Crippen LogP contribution in [0, 0.1) is 6.92 Å². The van der Waals surface area contributed by atoms with Gasteiger partial charge in [-0.2, -0.15) is 0 Å². The van der Waals surface area contributed by atoms with Crippen LogP contribution in [0.25, 0.3) is 0 Å². The third kappa shape index (κ3) is 5.00. The Labute approximate surface area is 116 Å². The van der Waals surface area contributed by atoms with Crippen molar-refractivity contribution in [3.8, 4) is 0 Å². The third-order valence-electron chi connectivity index (χ3n) is 2.96. The minimum absolute atomic E-state index is 0.327. The second kappa shape index (κ2) is 7.11. The molecule has 5 heteroatoms. The third-order valence-corrected chi connectivity index (χ3v) is 3.38. The van der Waals surface area contributed by atoms with Crippen molar-refractivity contribution in [3.63, 3.8) is 0 Å². The smallest absolute Gasteiger partial charge is 0.489 e. The van der Waals surface area contributed by atoms with E-state index in [1.54, 1.807) is 0 Å². The second-order valence-electron chi connectivity index (χ2n) is 5.37. The van der Waals surface area contributed by atoms with Crippen LogP contribution in [-0.2, 0) is 9.09 Å². The highest BCUT2D eigenvalue weighted by Crippen LogP contribution is 2.33. The molecule has 0 aliphatic heterocycles. The first-order valence-electron chi connectivity index (χ1n) is 6.37. The summed E-state index contributed by atoms with van der Waals surface area (Å²) in [5.74, 6) is 0.327. The lowest BCUT2D eigenvalue weighted by Crippen LogP contribution is -2.23. The van der Waals surface area contributed by atoms with Gasteiger partial charge in [0.05, 0.1) is 0 Å². The fourth-order valence-electron chi connectivity index (χ4n) is 2.12. The van der Waals surface area contributed by atoms with Crippen LogP contribution < -0.4 is 4.89 Å². The van der Waals surface area contributed by atoms with Gasteiger partial charge in [0.25, 0.3) is 0 Å². The molecule has 0 aliphatic carbocycles. The number of likely N-dealkylation sites (N-methyl/N-ethyl adjacent to an activating group) is 1. The average molecular weight is 283 g/mol. The van der Waals surface area contributed by atoms with E-state index in [0.29, 0.717) is 12.5 Å². The van der Waals surface area contributed by atoms with Gasteiger partial charge < -0.3 is 9.79 Å². The number of nitrogens with zero attached hydrogens (tertiary/aromatic N) is 1. The molecule has 0 heterocycles. The van der Waals surface area contributed by atoms with Crippen LogP contribution in [0.15, 0.2) is 18.2 Å². The first kappa shape index (κ1) is 16.3. The number of aryl methyl sites for hydroxylation is 1. The highest BCUT2D eigenvalue weighted by molar-refractivity contribution is 7.30. The Morgan fingerprint density at radius 2 is 1.95 bits per heavy atom. The van der Waals surface area contributed by atoms with E-state index in [1.165, 1.54) is 0 Å². The fraction of sp³-hybridized carbons (Fsp3) is 0.571. The summed E-state index contributed by atoms with van der Waals surface area (Å²) in [5.41, 5.74) is 3.20. The van der Waals surface area contributed by atoms with Crippen LogP contribution >= 0.6 is 8.25 Å². The molecule has 0 aromatic heterocycles. The van der Waals surface area contributed by atoms with Gasteiger partial charge in [0, 0.05) is 6.54 Å². The quantitative estimate of drug-likeness (QED) is 0.753. The largest absolute Gasteiger partial charge is 0.566 e. The monoisotopic (exact) mass is 283 g/mol. The molecular formula is C14H22NO3P. The van der Waals surface area contributed by atoms with E-state index in [9.17, 15) is 9.46 Å². The van der Waals surface area contributed by atoms with Gasteiger partial charge in [-0.15, -0.1) is 4.52 Å². The zero-order valence-electron chi connectivity index (χ0n) is 12.2. The Balaban J connectivity index is 3.18. The van der Waals surface area contributed by atoms with Gasteiger partial charge in [-0.1, -0.05) is 37.6 Å². The van der Waals surface area contributed by atoms with E-state index in [4.69, 9.17) is 4.52 Å². The predicted octanol–water partition coefficient (Wildman–Crippen LogP) is 2.76. The van der Waals surface area contributed by atoms with Gasteiger partial charge in [-0.25, -0.2) is 0 Å². The first-order valence-corrected chi connectivity index (χ1v) is 7.47. The molecule has 106 valence electrons. The van der Waals surface area contributed by atoms with Crippen LogP contribution in [0.4, 0.5) is 0 Å². The molecule has 0 radical (unpaired) electrons. The summed E-state index contributed by atoms with van der Waals surface area (Å²) in [5, 5.41) is 0. The molecule has 2 unspecified atom stereocenters. The maximum Gasteiger partial charge on any atom is 0.489 e. The lowest BCUT2D eigenvalue weighted by molar-refractivity contribution is -0.190. The Morgan fingerprint density at radius 3 is 2.42 bits per heavy atom. The van der Waals surface area contributed by atoms with Crippen LogP contribution in [0.2, 0.25) is 0 Å². The van der Waals surface area contributed by atoms with Crippen molar-refractivity contribution >= 4 is 8.25 Å². The van der Waals surface area contributed by atoms with E-state index in [-0.39, 0.29) is 0 Å². The number of benzene rings is 1. The van der Waals surface area contributed by atoms with Gasteiger partial charge in [-0.3, -0.25) is 0 Å².